The first-order valence-electron chi connectivity index (χ1n) is 6.73. The Labute approximate surface area is 131 Å². The monoisotopic (exact) mass is 318 g/mol. The van der Waals surface area contributed by atoms with Crippen molar-refractivity contribution in [3.05, 3.63) is 46.2 Å². The molecule has 0 spiro atoms. The van der Waals surface area contributed by atoms with Gasteiger partial charge in [0.05, 0.1) is 11.5 Å². The Bertz CT molecular complexity index is 728. The van der Waals surface area contributed by atoms with E-state index >= 15 is 0 Å². The van der Waals surface area contributed by atoms with Crippen LogP contribution in [-0.4, -0.2) is 20.8 Å². The number of nitrogens with one attached hydrogen (secondary N) is 1. The molecule has 0 amide bonds. The highest BCUT2D eigenvalue weighted by Gasteiger charge is 2.35. The maximum Gasteiger partial charge on any atom is 0.256 e. The summed E-state index contributed by atoms with van der Waals surface area (Å²) in [5, 5.41) is 0.557. The van der Waals surface area contributed by atoms with Crippen molar-refractivity contribution < 1.29 is 4.79 Å². The molecule has 6 heteroatoms. The minimum Gasteiger partial charge on any atom is -0.306 e. The molecule has 4 nitrogen and oxygen atoms in total. The van der Waals surface area contributed by atoms with Gasteiger partial charge in [0.2, 0.25) is 5.12 Å². The van der Waals surface area contributed by atoms with Crippen LogP contribution in [0.15, 0.2) is 40.2 Å². The van der Waals surface area contributed by atoms with Gasteiger partial charge >= 0.3 is 0 Å². The van der Waals surface area contributed by atoms with Crippen molar-refractivity contribution in [2.24, 2.45) is 0 Å². The summed E-state index contributed by atoms with van der Waals surface area (Å²) in [6.45, 7) is 0. The Morgan fingerprint density at radius 3 is 2.71 bits per heavy atom. The molecule has 2 aromatic rings. The zero-order valence-electron chi connectivity index (χ0n) is 11.2. The van der Waals surface area contributed by atoms with E-state index in [9.17, 15) is 9.59 Å². The average molecular weight is 318 g/mol. The van der Waals surface area contributed by atoms with Crippen LogP contribution in [0, 0.1) is 0 Å². The van der Waals surface area contributed by atoms with E-state index in [-0.39, 0.29) is 16.6 Å². The second-order valence-electron chi connectivity index (χ2n) is 4.84. The second-order valence-corrected chi connectivity index (χ2v) is 6.28. The topological polar surface area (TPSA) is 62.8 Å². The lowest BCUT2D eigenvalue weighted by molar-refractivity contribution is -0.112. The van der Waals surface area contributed by atoms with E-state index in [1.807, 2.05) is 30.3 Å². The number of carbonyl (C=O) groups excluding carboxylic acids is 1. The van der Waals surface area contributed by atoms with Crippen molar-refractivity contribution >= 4 is 29.5 Å². The number of benzene rings is 1. The predicted octanol–water partition coefficient (Wildman–Crippen LogP) is 2.86. The summed E-state index contributed by atoms with van der Waals surface area (Å²) in [6.07, 6.45) is 1.46. The molecule has 108 valence electrons. The highest BCUT2D eigenvalue weighted by atomic mass is 32.2. The third-order valence-corrected chi connectivity index (χ3v) is 4.76. The number of hydrogen-bond acceptors (Lipinski definition) is 5. The summed E-state index contributed by atoms with van der Waals surface area (Å²) in [6, 6.07) is 9.43. The number of hydrogen-bond donors (Lipinski definition) is 2. The summed E-state index contributed by atoms with van der Waals surface area (Å²) in [7, 11) is 0. The van der Waals surface area contributed by atoms with Crippen molar-refractivity contribution in [2.45, 2.75) is 23.8 Å². The van der Waals surface area contributed by atoms with Gasteiger partial charge in [0.1, 0.15) is 10.9 Å². The number of rotatable bonds is 4. The summed E-state index contributed by atoms with van der Waals surface area (Å²) < 4.78 is 0. The van der Waals surface area contributed by atoms with Crippen LogP contribution in [0.3, 0.4) is 0 Å². The molecule has 0 fully saturated rings. The van der Waals surface area contributed by atoms with Crippen molar-refractivity contribution in [1.29, 1.82) is 0 Å². The minimum absolute atomic E-state index is 0.00925. The summed E-state index contributed by atoms with van der Waals surface area (Å²) in [4.78, 5) is 31.7. The predicted molar refractivity (Wildman–Crippen MR) is 87.0 cm³/mol. The third kappa shape index (κ3) is 2.78. The molecule has 3 rings (SSSR count). The van der Waals surface area contributed by atoms with Gasteiger partial charge in [-0.15, -0.1) is 0 Å². The van der Waals surface area contributed by atoms with Gasteiger partial charge in [-0.3, -0.25) is 9.59 Å². The Morgan fingerprint density at radius 2 is 2.00 bits per heavy atom. The molecular formula is C15H14N2O2S2. The molecule has 21 heavy (non-hydrogen) atoms. The second kappa shape index (κ2) is 6.07. The first kappa shape index (κ1) is 14.4. The van der Waals surface area contributed by atoms with Crippen molar-refractivity contribution in [1.82, 2.24) is 9.97 Å². The molecule has 1 aliphatic heterocycles. The van der Waals surface area contributed by atoms with Gasteiger partial charge in [0.15, 0.2) is 0 Å². The van der Waals surface area contributed by atoms with Crippen LogP contribution in [0.2, 0.25) is 0 Å². The number of aromatic nitrogens is 2. The number of carbonyl (C=O) groups is 1. The van der Waals surface area contributed by atoms with Crippen LogP contribution in [-0.2, 0) is 4.79 Å². The number of aromatic amines is 1. The number of thioether (sulfide) groups is 1. The summed E-state index contributed by atoms with van der Waals surface area (Å²) in [5.74, 6) is 0.865. The lowest BCUT2D eigenvalue weighted by Gasteiger charge is -2.07. The van der Waals surface area contributed by atoms with Gasteiger partial charge in [0, 0.05) is 5.56 Å². The Balaban J connectivity index is 2.03. The van der Waals surface area contributed by atoms with E-state index in [1.54, 1.807) is 0 Å². The molecule has 1 aliphatic rings. The quantitative estimate of drug-likeness (QED) is 0.672. The normalized spacial score (nSPS) is 17.0. The van der Waals surface area contributed by atoms with Crippen LogP contribution in [0.1, 0.15) is 24.3 Å². The Hall–Kier alpha value is -1.53. The first-order valence-corrected chi connectivity index (χ1v) is 8.18. The van der Waals surface area contributed by atoms with Crippen LogP contribution in [0.25, 0.3) is 11.4 Å². The summed E-state index contributed by atoms with van der Waals surface area (Å²) in [5.41, 5.74) is 1.15. The fourth-order valence-corrected chi connectivity index (χ4v) is 3.65. The van der Waals surface area contributed by atoms with Gasteiger partial charge in [0.25, 0.3) is 5.56 Å². The molecule has 0 saturated heterocycles. The number of fused-ring (bicyclic) bond motifs is 1. The van der Waals surface area contributed by atoms with Crippen LogP contribution >= 0.6 is 24.4 Å². The molecule has 1 atom stereocenters. The van der Waals surface area contributed by atoms with Crippen LogP contribution < -0.4 is 5.56 Å². The molecule has 1 aromatic carbocycles. The highest BCUT2D eigenvalue weighted by molar-refractivity contribution is 8.14. The third-order valence-electron chi connectivity index (χ3n) is 3.45. The maximum absolute atomic E-state index is 12.3. The molecule has 1 N–H and O–H groups in total. The van der Waals surface area contributed by atoms with Gasteiger partial charge in [-0.05, 0) is 30.4 Å². The Morgan fingerprint density at radius 1 is 1.24 bits per heavy atom. The molecular weight excluding hydrogens is 304 g/mol. The molecule has 0 saturated carbocycles. The lowest BCUT2D eigenvalue weighted by Crippen LogP contribution is -2.19. The van der Waals surface area contributed by atoms with Gasteiger partial charge in [-0.2, -0.15) is 12.6 Å². The van der Waals surface area contributed by atoms with E-state index in [2.05, 4.69) is 22.6 Å². The number of H-pyrrole nitrogens is 1. The first-order chi connectivity index (χ1) is 10.2. The zero-order valence-corrected chi connectivity index (χ0v) is 12.9. The summed E-state index contributed by atoms with van der Waals surface area (Å²) >= 11 is 5.24. The molecule has 2 heterocycles. The van der Waals surface area contributed by atoms with Gasteiger partial charge < -0.3 is 4.98 Å². The van der Waals surface area contributed by atoms with Crippen molar-refractivity contribution in [2.75, 3.05) is 5.75 Å². The molecule has 1 unspecified atom stereocenters. The molecule has 0 radical (unpaired) electrons. The average Bonchev–Trinajstić information content (AvgIpc) is 2.82. The van der Waals surface area contributed by atoms with E-state index in [4.69, 9.17) is 0 Å². The molecule has 0 aliphatic carbocycles. The zero-order chi connectivity index (χ0) is 14.8. The number of nitrogens with zero attached hydrogens (tertiary/aromatic N) is 1. The van der Waals surface area contributed by atoms with E-state index in [0.717, 1.165) is 23.7 Å². The lowest BCUT2D eigenvalue weighted by atomic mass is 9.98. The van der Waals surface area contributed by atoms with Gasteiger partial charge in [-0.25, -0.2) is 4.98 Å². The van der Waals surface area contributed by atoms with Crippen LogP contribution in [0.5, 0.6) is 0 Å². The van der Waals surface area contributed by atoms with Crippen molar-refractivity contribution in [3.63, 3.8) is 0 Å². The largest absolute Gasteiger partial charge is 0.306 e. The SMILES string of the molecule is O=C1Sc2nc(-c3ccccc3)[nH]c(=O)c2C1CCCS. The van der Waals surface area contributed by atoms with Gasteiger partial charge in [-0.1, -0.05) is 30.3 Å². The fraction of sp³-hybridized carbons (Fsp3) is 0.267. The van der Waals surface area contributed by atoms with E-state index < -0.39 is 0 Å². The van der Waals surface area contributed by atoms with E-state index in [0.29, 0.717) is 28.6 Å². The van der Waals surface area contributed by atoms with Crippen molar-refractivity contribution in [3.8, 4) is 11.4 Å². The maximum atomic E-state index is 12.3. The van der Waals surface area contributed by atoms with E-state index in [1.165, 1.54) is 0 Å². The number of thiol groups is 1. The smallest absolute Gasteiger partial charge is 0.256 e. The Kier molecular flexibility index (Phi) is 4.17. The molecule has 0 bridgehead atoms. The fourth-order valence-electron chi connectivity index (χ4n) is 2.42. The standard InChI is InChI=1S/C15H14N2O2S2/c18-13-11-10(7-4-8-20)15(19)21-14(11)17-12(16-13)9-5-2-1-3-6-9/h1-3,5-6,10,20H,4,7-8H2,(H,16,17,18). The highest BCUT2D eigenvalue weighted by Crippen LogP contribution is 2.40. The van der Waals surface area contributed by atoms with Crippen LogP contribution in [0.4, 0.5) is 0 Å². The minimum atomic E-state index is -0.349. The molecule has 1 aromatic heterocycles.